The molecule has 4 nitrogen and oxygen atoms in total. The smallest absolute Gasteiger partial charge is 0.197 e. The van der Waals surface area contributed by atoms with Crippen LogP contribution < -0.4 is 0 Å². The molecule has 150 valence electrons. The maximum Gasteiger partial charge on any atom is 0.197 e. The maximum atomic E-state index is 12.9. The summed E-state index contributed by atoms with van der Waals surface area (Å²) in [5.74, 6) is 0.000997. The number of nitrogens with zero attached hydrogens (tertiary/aromatic N) is 1. The van der Waals surface area contributed by atoms with Crippen molar-refractivity contribution in [3.63, 3.8) is 0 Å². The van der Waals surface area contributed by atoms with Gasteiger partial charge in [-0.2, -0.15) is 5.26 Å². The number of aryl methyl sites for hydroxylation is 2. The first-order valence-electron chi connectivity index (χ1n) is 9.97. The first kappa shape index (κ1) is 19.2. The molecule has 0 bridgehead atoms. The minimum atomic E-state index is -0.247. The Morgan fingerprint density at radius 2 is 1.74 bits per heavy atom. The third-order valence-corrected chi connectivity index (χ3v) is 6.76. The molecule has 0 atom stereocenters. The van der Waals surface area contributed by atoms with Crippen molar-refractivity contribution in [2.24, 2.45) is 0 Å². The number of hydrogen-bond donors (Lipinski definition) is 0. The minimum absolute atomic E-state index is 0.149. The van der Waals surface area contributed by atoms with Gasteiger partial charge in [0.15, 0.2) is 11.6 Å². The van der Waals surface area contributed by atoms with E-state index in [0.717, 1.165) is 32.7 Å². The van der Waals surface area contributed by atoms with Gasteiger partial charge in [-0.05, 0) is 60.4 Å². The Bertz CT molecular complexity index is 1430. The number of ketones is 2. The van der Waals surface area contributed by atoms with Gasteiger partial charge >= 0.3 is 0 Å². The highest BCUT2D eigenvalue weighted by molar-refractivity contribution is 7.22. The highest BCUT2D eigenvalue weighted by atomic mass is 32.1. The SMILES string of the molecule is CCc1cc2c(cc1C)C(=O)/C(=C/c1cc3sc(-c4ccc(C#N)cc4)cc3o1)C2=O. The molecule has 2 aromatic heterocycles. The summed E-state index contributed by atoms with van der Waals surface area (Å²) in [6, 6.07) is 17.0. The quantitative estimate of drug-likeness (QED) is 0.284. The van der Waals surface area contributed by atoms with Crippen molar-refractivity contribution in [3.8, 4) is 16.5 Å². The van der Waals surface area contributed by atoms with E-state index in [1.165, 1.54) is 0 Å². The Morgan fingerprint density at radius 3 is 2.39 bits per heavy atom. The molecule has 0 fully saturated rings. The summed E-state index contributed by atoms with van der Waals surface area (Å²) in [7, 11) is 0. The standard InChI is InChI=1S/C26H17NO3S/c1-3-16-9-20-19(8-14(16)2)25(28)21(26(20)29)10-18-11-24-22(30-18)12-23(31-24)17-6-4-15(13-27)5-7-17/h4-12H,3H2,1-2H3/b21-10-. The molecular formula is C26H17NO3S. The van der Waals surface area contributed by atoms with Crippen LogP contribution in [0.1, 0.15) is 50.1 Å². The zero-order valence-electron chi connectivity index (χ0n) is 17.0. The van der Waals surface area contributed by atoms with Crippen molar-refractivity contribution in [1.29, 1.82) is 5.26 Å². The van der Waals surface area contributed by atoms with Crippen molar-refractivity contribution >= 4 is 39.3 Å². The Balaban J connectivity index is 1.48. The molecule has 0 radical (unpaired) electrons. The van der Waals surface area contributed by atoms with Crippen molar-refractivity contribution in [3.05, 3.63) is 87.7 Å². The largest absolute Gasteiger partial charge is 0.456 e. The molecule has 5 rings (SSSR count). The summed E-state index contributed by atoms with van der Waals surface area (Å²) in [6.45, 7) is 4.00. The van der Waals surface area contributed by atoms with E-state index < -0.39 is 0 Å². The van der Waals surface area contributed by atoms with E-state index in [-0.39, 0.29) is 17.1 Å². The lowest BCUT2D eigenvalue weighted by molar-refractivity contribution is 0.0990. The monoisotopic (exact) mass is 423 g/mol. The van der Waals surface area contributed by atoms with Crippen LogP contribution in [0, 0.1) is 18.3 Å². The average molecular weight is 423 g/mol. The summed E-state index contributed by atoms with van der Waals surface area (Å²) in [4.78, 5) is 26.8. The third kappa shape index (κ3) is 3.13. The molecule has 0 aliphatic heterocycles. The van der Waals surface area contributed by atoms with Gasteiger partial charge in [0.2, 0.25) is 0 Å². The van der Waals surface area contributed by atoms with Crippen molar-refractivity contribution < 1.29 is 14.0 Å². The number of hydrogen-bond acceptors (Lipinski definition) is 5. The number of nitriles is 1. The zero-order chi connectivity index (χ0) is 21.7. The third-order valence-electron chi connectivity index (χ3n) is 5.65. The molecule has 1 aliphatic carbocycles. The van der Waals surface area contributed by atoms with Crippen molar-refractivity contribution in [2.75, 3.05) is 0 Å². The van der Waals surface area contributed by atoms with Crippen LogP contribution in [0.3, 0.4) is 0 Å². The Hall–Kier alpha value is -3.75. The van der Waals surface area contributed by atoms with Crippen LogP contribution in [0.25, 0.3) is 26.8 Å². The number of allylic oxidation sites excluding steroid dienone is 1. The minimum Gasteiger partial charge on any atom is -0.456 e. The van der Waals surface area contributed by atoms with Crippen LogP contribution >= 0.6 is 11.3 Å². The van der Waals surface area contributed by atoms with Gasteiger partial charge in [0.05, 0.1) is 21.9 Å². The highest BCUT2D eigenvalue weighted by Gasteiger charge is 2.34. The van der Waals surface area contributed by atoms with Gasteiger partial charge in [-0.15, -0.1) is 11.3 Å². The van der Waals surface area contributed by atoms with Crippen molar-refractivity contribution in [2.45, 2.75) is 20.3 Å². The summed E-state index contributed by atoms with van der Waals surface area (Å²) in [5, 5.41) is 8.95. The fourth-order valence-corrected chi connectivity index (χ4v) is 4.99. The fourth-order valence-electron chi connectivity index (χ4n) is 3.95. The van der Waals surface area contributed by atoms with Gasteiger partial charge in [-0.3, -0.25) is 9.59 Å². The molecule has 2 heterocycles. The maximum absolute atomic E-state index is 12.9. The fraction of sp³-hybridized carbons (Fsp3) is 0.115. The second-order valence-electron chi connectivity index (χ2n) is 7.57. The molecule has 1 aliphatic rings. The van der Waals surface area contributed by atoms with Gasteiger partial charge in [-0.1, -0.05) is 19.1 Å². The molecule has 31 heavy (non-hydrogen) atoms. The number of benzene rings is 2. The van der Waals surface area contributed by atoms with Crippen LogP contribution in [0.4, 0.5) is 0 Å². The Labute approximate surface area is 183 Å². The lowest BCUT2D eigenvalue weighted by Crippen LogP contribution is -1.99. The molecule has 0 saturated heterocycles. The Morgan fingerprint density at radius 1 is 1.03 bits per heavy atom. The zero-order valence-corrected chi connectivity index (χ0v) is 17.8. The first-order chi connectivity index (χ1) is 15.0. The number of carbonyl (C=O) groups excluding carboxylic acids is 2. The number of fused-ring (bicyclic) bond motifs is 2. The lowest BCUT2D eigenvalue weighted by Gasteiger charge is -2.04. The molecule has 2 aromatic carbocycles. The van der Waals surface area contributed by atoms with E-state index >= 15 is 0 Å². The van der Waals surface area contributed by atoms with Crippen LogP contribution in [0.5, 0.6) is 0 Å². The van der Waals surface area contributed by atoms with E-state index in [4.69, 9.17) is 9.68 Å². The second-order valence-corrected chi connectivity index (χ2v) is 8.65. The van der Waals surface area contributed by atoms with Gasteiger partial charge in [0.1, 0.15) is 11.3 Å². The van der Waals surface area contributed by atoms with Crippen LogP contribution in [0.15, 0.2) is 58.5 Å². The number of rotatable bonds is 3. The van der Waals surface area contributed by atoms with Gasteiger partial charge in [-0.25, -0.2) is 0 Å². The second kappa shape index (κ2) is 7.19. The predicted molar refractivity (Wildman–Crippen MR) is 121 cm³/mol. The predicted octanol–water partition coefficient (Wildman–Crippen LogP) is 6.37. The highest BCUT2D eigenvalue weighted by Crippen LogP contribution is 2.37. The molecule has 0 unspecified atom stereocenters. The van der Waals surface area contributed by atoms with E-state index in [2.05, 4.69) is 6.07 Å². The van der Waals surface area contributed by atoms with Crippen molar-refractivity contribution in [1.82, 2.24) is 0 Å². The molecule has 0 amide bonds. The molecule has 5 heteroatoms. The first-order valence-corrected chi connectivity index (χ1v) is 10.8. The molecule has 0 N–H and O–H groups in total. The molecule has 0 spiro atoms. The normalized spacial score (nSPS) is 14.4. The van der Waals surface area contributed by atoms with E-state index in [1.54, 1.807) is 29.5 Å². The van der Waals surface area contributed by atoms with Crippen LogP contribution in [-0.4, -0.2) is 11.6 Å². The Kier molecular flexibility index (Phi) is 4.46. The van der Waals surface area contributed by atoms with Gasteiger partial charge in [0, 0.05) is 28.1 Å². The molecule has 0 saturated carbocycles. The number of carbonyl (C=O) groups is 2. The molecular weight excluding hydrogens is 406 g/mol. The number of Topliss-reactive ketones (excluding diaryl/α,β-unsaturated/α-hetero) is 2. The van der Waals surface area contributed by atoms with E-state index in [0.29, 0.717) is 28.0 Å². The molecule has 4 aromatic rings. The summed E-state index contributed by atoms with van der Waals surface area (Å²) < 4.78 is 6.85. The average Bonchev–Trinajstić information content (AvgIpc) is 3.41. The van der Waals surface area contributed by atoms with Crippen LogP contribution in [0.2, 0.25) is 0 Å². The van der Waals surface area contributed by atoms with Gasteiger partial charge < -0.3 is 4.42 Å². The summed E-state index contributed by atoms with van der Waals surface area (Å²) >= 11 is 1.56. The van der Waals surface area contributed by atoms with Crippen LogP contribution in [-0.2, 0) is 6.42 Å². The number of thiophene rings is 1. The summed E-state index contributed by atoms with van der Waals surface area (Å²) in [6.07, 6.45) is 2.37. The van der Waals surface area contributed by atoms with E-state index in [9.17, 15) is 9.59 Å². The summed E-state index contributed by atoms with van der Waals surface area (Å²) in [5.41, 5.74) is 5.54. The lowest BCUT2D eigenvalue weighted by atomic mass is 9.99. The number of furan rings is 1. The van der Waals surface area contributed by atoms with Gasteiger partial charge in [0.25, 0.3) is 0 Å². The topological polar surface area (TPSA) is 71.1 Å². The van der Waals surface area contributed by atoms with E-state index in [1.807, 2.05) is 50.2 Å².